The Hall–Kier alpha value is -1.54. The van der Waals surface area contributed by atoms with E-state index in [0.29, 0.717) is 12.6 Å². The standard InChI is InChI=1S/C16H22BrF2N3O2/c1-5-22(9-14(24)21-16(2,3)4)8-13(23)20-15-11(17)6-10(18)7-12(15)19/h6-7H,5,8-9H2,1-4H3,(H,20,23)(H,21,24). The summed E-state index contributed by atoms with van der Waals surface area (Å²) in [7, 11) is 0. The largest absolute Gasteiger partial charge is 0.350 e. The Labute approximate surface area is 148 Å². The predicted molar refractivity (Wildman–Crippen MR) is 92.7 cm³/mol. The van der Waals surface area contributed by atoms with Gasteiger partial charge in [0, 0.05) is 16.1 Å². The van der Waals surface area contributed by atoms with Crippen LogP contribution in [0.25, 0.3) is 0 Å². The quantitative estimate of drug-likeness (QED) is 0.764. The molecular formula is C16H22BrF2N3O2. The number of hydrogen-bond donors (Lipinski definition) is 2. The van der Waals surface area contributed by atoms with E-state index in [1.54, 1.807) is 4.90 Å². The van der Waals surface area contributed by atoms with Crippen LogP contribution in [0.3, 0.4) is 0 Å². The lowest BCUT2D eigenvalue weighted by atomic mass is 10.1. The van der Waals surface area contributed by atoms with E-state index >= 15 is 0 Å². The smallest absolute Gasteiger partial charge is 0.238 e. The molecule has 24 heavy (non-hydrogen) atoms. The summed E-state index contributed by atoms with van der Waals surface area (Å²) in [5, 5.41) is 5.20. The van der Waals surface area contributed by atoms with Crippen LogP contribution >= 0.6 is 15.9 Å². The topological polar surface area (TPSA) is 61.4 Å². The number of nitrogens with one attached hydrogen (secondary N) is 2. The SMILES string of the molecule is CCN(CC(=O)Nc1c(F)cc(F)cc1Br)CC(=O)NC(C)(C)C. The zero-order valence-corrected chi connectivity index (χ0v) is 15.8. The molecule has 0 aromatic heterocycles. The average Bonchev–Trinajstić information content (AvgIpc) is 2.39. The van der Waals surface area contributed by atoms with Crippen molar-refractivity contribution < 1.29 is 18.4 Å². The summed E-state index contributed by atoms with van der Waals surface area (Å²) in [5.41, 5.74) is -0.488. The van der Waals surface area contributed by atoms with Crippen molar-refractivity contribution in [3.05, 3.63) is 28.2 Å². The maximum absolute atomic E-state index is 13.7. The van der Waals surface area contributed by atoms with Crippen molar-refractivity contribution in [3.63, 3.8) is 0 Å². The summed E-state index contributed by atoms with van der Waals surface area (Å²) >= 11 is 3.01. The van der Waals surface area contributed by atoms with E-state index in [1.165, 1.54) is 0 Å². The Morgan fingerprint density at radius 2 is 1.75 bits per heavy atom. The molecule has 0 atom stereocenters. The molecule has 0 aliphatic carbocycles. The van der Waals surface area contributed by atoms with Gasteiger partial charge in [0.2, 0.25) is 11.8 Å². The fourth-order valence-electron chi connectivity index (χ4n) is 1.98. The minimum atomic E-state index is -0.872. The van der Waals surface area contributed by atoms with Crippen molar-refractivity contribution in [2.24, 2.45) is 0 Å². The minimum Gasteiger partial charge on any atom is -0.350 e. The maximum Gasteiger partial charge on any atom is 0.238 e. The number of likely N-dealkylation sites (N-methyl/N-ethyl adjacent to an activating group) is 1. The van der Waals surface area contributed by atoms with Crippen LogP contribution in [-0.4, -0.2) is 41.9 Å². The zero-order valence-electron chi connectivity index (χ0n) is 14.2. The molecule has 1 rings (SSSR count). The molecule has 0 unspecified atom stereocenters. The molecule has 8 heteroatoms. The Kier molecular flexibility index (Phi) is 7.28. The molecule has 0 aliphatic rings. The summed E-state index contributed by atoms with van der Waals surface area (Å²) in [6.45, 7) is 7.84. The van der Waals surface area contributed by atoms with Gasteiger partial charge in [-0.25, -0.2) is 8.78 Å². The highest BCUT2D eigenvalue weighted by molar-refractivity contribution is 9.10. The van der Waals surface area contributed by atoms with E-state index in [2.05, 4.69) is 26.6 Å². The van der Waals surface area contributed by atoms with Crippen LogP contribution in [0.2, 0.25) is 0 Å². The van der Waals surface area contributed by atoms with Crippen molar-refractivity contribution in [3.8, 4) is 0 Å². The van der Waals surface area contributed by atoms with Crippen molar-refractivity contribution in [1.82, 2.24) is 10.2 Å². The minimum absolute atomic E-state index is 0.0499. The zero-order chi connectivity index (χ0) is 18.5. The second kappa shape index (κ2) is 8.53. The van der Waals surface area contributed by atoms with E-state index in [4.69, 9.17) is 0 Å². The molecule has 0 spiro atoms. The lowest BCUT2D eigenvalue weighted by Gasteiger charge is -2.24. The number of halogens is 3. The summed E-state index contributed by atoms with van der Waals surface area (Å²) in [6, 6.07) is 1.75. The molecule has 0 saturated heterocycles. The van der Waals surface area contributed by atoms with Gasteiger partial charge in [-0.15, -0.1) is 0 Å². The second-order valence-corrected chi connectivity index (χ2v) is 7.25. The van der Waals surface area contributed by atoms with Gasteiger partial charge in [0.05, 0.1) is 18.8 Å². The van der Waals surface area contributed by atoms with E-state index in [0.717, 1.165) is 6.07 Å². The van der Waals surface area contributed by atoms with Gasteiger partial charge in [0.25, 0.3) is 0 Å². The molecule has 0 heterocycles. The lowest BCUT2D eigenvalue weighted by Crippen LogP contribution is -2.47. The van der Waals surface area contributed by atoms with Gasteiger partial charge >= 0.3 is 0 Å². The molecule has 2 N–H and O–H groups in total. The van der Waals surface area contributed by atoms with Crippen LogP contribution in [0.5, 0.6) is 0 Å². The molecule has 1 aromatic carbocycles. The first kappa shape index (κ1) is 20.5. The predicted octanol–water partition coefficient (Wildman–Crippen LogP) is 2.90. The molecule has 1 aromatic rings. The number of carbonyl (C=O) groups is 2. The Morgan fingerprint density at radius 3 is 2.25 bits per heavy atom. The molecule has 0 saturated carbocycles. The first-order valence-electron chi connectivity index (χ1n) is 7.49. The first-order valence-corrected chi connectivity index (χ1v) is 8.29. The van der Waals surface area contributed by atoms with Gasteiger partial charge in [0.15, 0.2) is 5.82 Å². The molecule has 0 aliphatic heterocycles. The van der Waals surface area contributed by atoms with Crippen LogP contribution in [0.15, 0.2) is 16.6 Å². The summed E-state index contributed by atoms with van der Waals surface area (Å²) < 4.78 is 26.9. The monoisotopic (exact) mass is 405 g/mol. The van der Waals surface area contributed by atoms with Crippen LogP contribution < -0.4 is 10.6 Å². The molecule has 134 valence electrons. The fraction of sp³-hybridized carbons (Fsp3) is 0.500. The van der Waals surface area contributed by atoms with Crippen molar-refractivity contribution >= 4 is 33.4 Å². The summed E-state index contributed by atoms with van der Waals surface area (Å²) in [5.74, 6) is -2.31. The molecule has 0 radical (unpaired) electrons. The van der Waals surface area contributed by atoms with Gasteiger partial charge in [-0.2, -0.15) is 0 Å². The van der Waals surface area contributed by atoms with Gasteiger partial charge < -0.3 is 10.6 Å². The number of hydrogen-bond acceptors (Lipinski definition) is 3. The maximum atomic E-state index is 13.7. The Balaban J connectivity index is 2.67. The number of rotatable bonds is 6. The van der Waals surface area contributed by atoms with Gasteiger partial charge in [0.1, 0.15) is 5.82 Å². The first-order chi connectivity index (χ1) is 11.0. The third kappa shape index (κ3) is 6.92. The number of amides is 2. The van der Waals surface area contributed by atoms with E-state index in [1.807, 2.05) is 27.7 Å². The molecule has 2 amide bonds. The van der Waals surface area contributed by atoms with Gasteiger partial charge in [-0.1, -0.05) is 6.92 Å². The number of benzene rings is 1. The van der Waals surface area contributed by atoms with E-state index < -0.39 is 17.5 Å². The highest BCUT2D eigenvalue weighted by atomic mass is 79.9. The third-order valence-electron chi connectivity index (χ3n) is 2.97. The molecule has 0 bridgehead atoms. The third-order valence-corrected chi connectivity index (χ3v) is 3.59. The number of carbonyl (C=O) groups excluding carboxylic acids is 2. The van der Waals surface area contributed by atoms with Gasteiger partial charge in [-0.05, 0) is 49.3 Å². The van der Waals surface area contributed by atoms with Crippen LogP contribution in [0, 0.1) is 11.6 Å². The Morgan fingerprint density at radius 1 is 1.17 bits per heavy atom. The van der Waals surface area contributed by atoms with E-state index in [9.17, 15) is 18.4 Å². The molecular weight excluding hydrogens is 384 g/mol. The van der Waals surface area contributed by atoms with Crippen molar-refractivity contribution in [2.45, 2.75) is 33.2 Å². The van der Waals surface area contributed by atoms with Crippen LogP contribution in [0.4, 0.5) is 14.5 Å². The highest BCUT2D eigenvalue weighted by Crippen LogP contribution is 2.26. The Bertz CT molecular complexity index is 595. The number of anilines is 1. The number of nitrogens with zero attached hydrogens (tertiary/aromatic N) is 1. The normalized spacial score (nSPS) is 11.5. The highest BCUT2D eigenvalue weighted by Gasteiger charge is 2.19. The second-order valence-electron chi connectivity index (χ2n) is 6.39. The van der Waals surface area contributed by atoms with Gasteiger partial charge in [-0.3, -0.25) is 14.5 Å². The van der Waals surface area contributed by atoms with Crippen molar-refractivity contribution in [2.75, 3.05) is 25.0 Å². The summed E-state index contributed by atoms with van der Waals surface area (Å²) in [4.78, 5) is 25.6. The fourth-order valence-corrected chi connectivity index (χ4v) is 2.49. The average molecular weight is 406 g/mol. The lowest BCUT2D eigenvalue weighted by molar-refractivity contribution is -0.124. The van der Waals surface area contributed by atoms with Crippen LogP contribution in [-0.2, 0) is 9.59 Å². The van der Waals surface area contributed by atoms with Crippen molar-refractivity contribution in [1.29, 1.82) is 0 Å². The van der Waals surface area contributed by atoms with E-state index in [-0.39, 0.29) is 34.7 Å². The van der Waals surface area contributed by atoms with Crippen LogP contribution in [0.1, 0.15) is 27.7 Å². The molecule has 0 fully saturated rings. The summed E-state index contributed by atoms with van der Waals surface area (Å²) in [6.07, 6.45) is 0. The molecule has 5 nitrogen and oxygen atoms in total.